The van der Waals surface area contributed by atoms with Crippen molar-refractivity contribution in [3.63, 3.8) is 0 Å². The fraction of sp³-hybridized carbons (Fsp3) is 0.647. The number of rotatable bonds is 5. The van der Waals surface area contributed by atoms with E-state index in [4.69, 9.17) is 9.47 Å². The summed E-state index contributed by atoms with van der Waals surface area (Å²) < 4.78 is 11.0. The van der Waals surface area contributed by atoms with Crippen LogP contribution in [0.15, 0.2) is 18.2 Å². The number of methoxy groups -OCH3 is 1. The van der Waals surface area contributed by atoms with Crippen molar-refractivity contribution < 1.29 is 9.47 Å². The van der Waals surface area contributed by atoms with Crippen LogP contribution in [0.25, 0.3) is 0 Å². The van der Waals surface area contributed by atoms with E-state index in [1.54, 1.807) is 7.11 Å². The second-order valence-electron chi connectivity index (χ2n) is 5.95. The topological polar surface area (TPSA) is 30.5 Å². The van der Waals surface area contributed by atoms with E-state index in [2.05, 4.69) is 23.5 Å². The van der Waals surface area contributed by atoms with E-state index in [0.717, 1.165) is 31.7 Å². The summed E-state index contributed by atoms with van der Waals surface area (Å²) in [5, 5.41) is 3.71. The molecule has 2 atom stereocenters. The lowest BCUT2D eigenvalue weighted by molar-refractivity contribution is 0.103. The average Bonchev–Trinajstić information content (AvgIpc) is 3.00. The van der Waals surface area contributed by atoms with Crippen LogP contribution in [0.5, 0.6) is 5.75 Å². The lowest BCUT2D eigenvalue weighted by Crippen LogP contribution is -2.36. The van der Waals surface area contributed by atoms with Crippen LogP contribution in [0.4, 0.5) is 0 Å². The molecule has 1 fully saturated rings. The van der Waals surface area contributed by atoms with E-state index in [1.165, 1.54) is 36.8 Å². The summed E-state index contributed by atoms with van der Waals surface area (Å²) in [5.74, 6) is 0.976. The summed E-state index contributed by atoms with van der Waals surface area (Å²) in [6.07, 6.45) is 7.67. The normalized spacial score (nSPS) is 25.4. The summed E-state index contributed by atoms with van der Waals surface area (Å²) >= 11 is 0. The molecule has 0 saturated carbocycles. The van der Waals surface area contributed by atoms with Crippen LogP contribution >= 0.6 is 0 Å². The molecular weight excluding hydrogens is 250 g/mol. The van der Waals surface area contributed by atoms with Crippen LogP contribution < -0.4 is 10.1 Å². The number of aryl methyl sites for hydroxylation is 1. The van der Waals surface area contributed by atoms with Gasteiger partial charge in [-0.3, -0.25) is 0 Å². The summed E-state index contributed by atoms with van der Waals surface area (Å²) in [7, 11) is 1.74. The van der Waals surface area contributed by atoms with Crippen molar-refractivity contribution in [1.29, 1.82) is 0 Å². The Morgan fingerprint density at radius 1 is 1.30 bits per heavy atom. The Morgan fingerprint density at radius 2 is 2.25 bits per heavy atom. The van der Waals surface area contributed by atoms with Gasteiger partial charge in [0.1, 0.15) is 5.75 Å². The Labute approximate surface area is 121 Å². The lowest BCUT2D eigenvalue weighted by Gasteiger charge is -2.26. The minimum atomic E-state index is 0.499. The van der Waals surface area contributed by atoms with E-state index >= 15 is 0 Å². The fourth-order valence-corrected chi connectivity index (χ4v) is 3.36. The van der Waals surface area contributed by atoms with Crippen LogP contribution in [-0.4, -0.2) is 32.4 Å². The zero-order valence-electron chi connectivity index (χ0n) is 12.4. The first kappa shape index (κ1) is 13.9. The molecule has 3 heteroatoms. The third kappa shape index (κ3) is 3.33. The van der Waals surface area contributed by atoms with Gasteiger partial charge in [-0.25, -0.2) is 0 Å². The molecule has 0 radical (unpaired) electrons. The summed E-state index contributed by atoms with van der Waals surface area (Å²) in [5.41, 5.74) is 2.94. The third-order valence-corrected chi connectivity index (χ3v) is 4.57. The Hall–Kier alpha value is -1.06. The maximum Gasteiger partial charge on any atom is 0.119 e. The minimum absolute atomic E-state index is 0.499. The van der Waals surface area contributed by atoms with Crippen LogP contribution in [0, 0.1) is 0 Å². The van der Waals surface area contributed by atoms with Gasteiger partial charge in [0.05, 0.1) is 13.2 Å². The summed E-state index contributed by atoms with van der Waals surface area (Å²) in [6.45, 7) is 2.04. The molecule has 1 saturated heterocycles. The SMILES string of the molecule is COc1ccc2c(c1)C[C@H](NCC[C@@H]1CCCO1)CC2. The van der Waals surface area contributed by atoms with Crippen molar-refractivity contribution >= 4 is 0 Å². The van der Waals surface area contributed by atoms with Crippen LogP contribution in [-0.2, 0) is 17.6 Å². The van der Waals surface area contributed by atoms with Crippen molar-refractivity contribution in [1.82, 2.24) is 5.32 Å². The molecule has 3 nitrogen and oxygen atoms in total. The van der Waals surface area contributed by atoms with Gasteiger partial charge in [0.25, 0.3) is 0 Å². The van der Waals surface area contributed by atoms with Crippen LogP contribution in [0.1, 0.15) is 36.8 Å². The molecule has 1 aromatic rings. The van der Waals surface area contributed by atoms with Gasteiger partial charge in [0.15, 0.2) is 0 Å². The largest absolute Gasteiger partial charge is 0.497 e. The molecule has 1 N–H and O–H groups in total. The smallest absolute Gasteiger partial charge is 0.119 e. The lowest BCUT2D eigenvalue weighted by atomic mass is 9.88. The molecule has 2 aliphatic rings. The summed E-state index contributed by atoms with van der Waals surface area (Å²) in [4.78, 5) is 0. The van der Waals surface area contributed by atoms with Gasteiger partial charge in [0.2, 0.25) is 0 Å². The monoisotopic (exact) mass is 275 g/mol. The molecule has 0 amide bonds. The molecule has 3 rings (SSSR count). The van der Waals surface area contributed by atoms with Crippen molar-refractivity contribution in [2.24, 2.45) is 0 Å². The second-order valence-corrected chi connectivity index (χ2v) is 5.95. The maximum absolute atomic E-state index is 5.67. The number of benzene rings is 1. The molecule has 1 heterocycles. The van der Waals surface area contributed by atoms with E-state index in [1.807, 2.05) is 0 Å². The van der Waals surface area contributed by atoms with Crippen LogP contribution in [0.2, 0.25) is 0 Å². The molecule has 20 heavy (non-hydrogen) atoms. The molecule has 0 spiro atoms. The Morgan fingerprint density at radius 3 is 3.05 bits per heavy atom. The van der Waals surface area contributed by atoms with Crippen molar-refractivity contribution in [2.75, 3.05) is 20.3 Å². The molecule has 1 aliphatic heterocycles. The predicted molar refractivity (Wildman–Crippen MR) is 80.4 cm³/mol. The molecular formula is C17H25NO2. The average molecular weight is 275 g/mol. The first-order valence-corrected chi connectivity index (χ1v) is 7.86. The Balaban J connectivity index is 1.49. The van der Waals surface area contributed by atoms with Gasteiger partial charge >= 0.3 is 0 Å². The van der Waals surface area contributed by atoms with E-state index in [0.29, 0.717) is 12.1 Å². The number of fused-ring (bicyclic) bond motifs is 1. The highest BCUT2D eigenvalue weighted by molar-refractivity contribution is 5.37. The molecule has 1 aromatic carbocycles. The number of hydrogen-bond donors (Lipinski definition) is 1. The number of ether oxygens (including phenoxy) is 2. The van der Waals surface area contributed by atoms with Gasteiger partial charge in [-0.2, -0.15) is 0 Å². The molecule has 0 aromatic heterocycles. The number of hydrogen-bond acceptors (Lipinski definition) is 3. The van der Waals surface area contributed by atoms with Gasteiger partial charge in [-0.15, -0.1) is 0 Å². The van der Waals surface area contributed by atoms with Crippen molar-refractivity contribution in [3.05, 3.63) is 29.3 Å². The van der Waals surface area contributed by atoms with Crippen molar-refractivity contribution in [2.45, 2.75) is 50.7 Å². The fourth-order valence-electron chi connectivity index (χ4n) is 3.36. The standard InChI is InChI=1S/C17H25NO2/c1-19-17-7-5-13-4-6-15(11-14(13)12-17)18-9-8-16-3-2-10-20-16/h5,7,12,15-16,18H,2-4,6,8-11H2,1H3/t15-,16+/m1/s1. The Kier molecular flexibility index (Phi) is 4.58. The van der Waals surface area contributed by atoms with E-state index in [-0.39, 0.29) is 0 Å². The highest BCUT2D eigenvalue weighted by Gasteiger charge is 2.20. The van der Waals surface area contributed by atoms with Gasteiger partial charge in [0, 0.05) is 12.6 Å². The van der Waals surface area contributed by atoms with Crippen LogP contribution in [0.3, 0.4) is 0 Å². The van der Waals surface area contributed by atoms with E-state index < -0.39 is 0 Å². The highest BCUT2D eigenvalue weighted by Crippen LogP contribution is 2.25. The second kappa shape index (κ2) is 6.59. The van der Waals surface area contributed by atoms with E-state index in [9.17, 15) is 0 Å². The van der Waals surface area contributed by atoms with Gasteiger partial charge in [-0.1, -0.05) is 6.07 Å². The molecule has 1 aliphatic carbocycles. The molecule has 0 unspecified atom stereocenters. The zero-order chi connectivity index (χ0) is 13.8. The first-order valence-electron chi connectivity index (χ1n) is 7.86. The number of nitrogens with one attached hydrogen (secondary N) is 1. The summed E-state index contributed by atoms with van der Waals surface area (Å²) in [6, 6.07) is 7.10. The minimum Gasteiger partial charge on any atom is -0.497 e. The first-order chi connectivity index (χ1) is 9.85. The predicted octanol–water partition coefficient (Wildman–Crippen LogP) is 2.71. The maximum atomic E-state index is 5.67. The third-order valence-electron chi connectivity index (χ3n) is 4.57. The highest BCUT2D eigenvalue weighted by atomic mass is 16.5. The van der Waals surface area contributed by atoms with Gasteiger partial charge < -0.3 is 14.8 Å². The quantitative estimate of drug-likeness (QED) is 0.896. The zero-order valence-corrected chi connectivity index (χ0v) is 12.4. The molecule has 0 bridgehead atoms. The Bertz CT molecular complexity index is 441. The molecule has 110 valence electrons. The van der Waals surface area contributed by atoms with Gasteiger partial charge in [-0.05, 0) is 68.3 Å². The van der Waals surface area contributed by atoms with Crippen molar-refractivity contribution in [3.8, 4) is 5.75 Å².